The Morgan fingerprint density at radius 3 is 2.48 bits per heavy atom. The van der Waals surface area contributed by atoms with Gasteiger partial charge in [-0.3, -0.25) is 0 Å². The number of sulfone groups is 1. The topological polar surface area (TPSA) is 84.3 Å². The normalized spacial score (nSPS) is 11.6. The number of hydrogen-bond donors (Lipinski definition) is 1. The Bertz CT molecular complexity index is 787. The number of rotatable bonds is 4. The van der Waals surface area contributed by atoms with Crippen molar-refractivity contribution in [2.24, 2.45) is 0 Å². The van der Waals surface area contributed by atoms with Gasteiger partial charge in [-0.1, -0.05) is 6.07 Å². The van der Waals surface area contributed by atoms with Gasteiger partial charge in [0.1, 0.15) is 10.8 Å². The number of aromatic carboxylic acids is 1. The number of aromatic nitrogens is 1. The van der Waals surface area contributed by atoms with Gasteiger partial charge in [0.05, 0.1) is 16.2 Å². The van der Waals surface area contributed by atoms with Crippen molar-refractivity contribution in [2.75, 3.05) is 0 Å². The van der Waals surface area contributed by atoms with E-state index in [2.05, 4.69) is 4.98 Å². The molecule has 2 aromatic rings. The molecule has 0 spiro atoms. The monoisotopic (exact) mass is 325 g/mol. The van der Waals surface area contributed by atoms with Crippen molar-refractivity contribution < 1.29 is 18.3 Å². The zero-order chi connectivity index (χ0) is 15.8. The smallest absolute Gasteiger partial charge is 0.335 e. The van der Waals surface area contributed by atoms with Crippen LogP contribution in [0, 0.1) is 20.8 Å². The maximum atomic E-state index is 12.5. The number of carbonyl (C=O) groups is 1. The van der Waals surface area contributed by atoms with Crippen LogP contribution in [-0.4, -0.2) is 24.5 Å². The molecule has 0 aliphatic heterocycles. The molecule has 2 rings (SSSR count). The predicted octanol–water partition coefficient (Wildman–Crippen LogP) is 2.74. The molecule has 1 aromatic carbocycles. The number of benzene rings is 1. The summed E-state index contributed by atoms with van der Waals surface area (Å²) >= 11 is 1.35. The summed E-state index contributed by atoms with van der Waals surface area (Å²) in [5.74, 6) is -1.35. The Labute approximate surface area is 127 Å². The lowest BCUT2D eigenvalue weighted by atomic mass is 10.1. The van der Waals surface area contributed by atoms with E-state index in [1.807, 2.05) is 13.8 Å². The van der Waals surface area contributed by atoms with Crippen LogP contribution in [0.25, 0.3) is 0 Å². The molecule has 0 aliphatic rings. The summed E-state index contributed by atoms with van der Waals surface area (Å²) in [4.78, 5) is 16.4. The van der Waals surface area contributed by atoms with E-state index in [9.17, 15) is 13.2 Å². The van der Waals surface area contributed by atoms with Gasteiger partial charge in [-0.25, -0.2) is 18.2 Å². The fraction of sp³-hybridized carbons (Fsp3) is 0.286. The van der Waals surface area contributed by atoms with E-state index in [0.29, 0.717) is 5.01 Å². The second-order valence-electron chi connectivity index (χ2n) is 4.74. The van der Waals surface area contributed by atoms with E-state index in [4.69, 9.17) is 5.11 Å². The van der Waals surface area contributed by atoms with Crippen molar-refractivity contribution in [1.82, 2.24) is 4.98 Å². The van der Waals surface area contributed by atoms with E-state index in [1.54, 1.807) is 0 Å². The molecule has 5 nitrogen and oxygen atoms in total. The van der Waals surface area contributed by atoms with Crippen molar-refractivity contribution in [3.05, 3.63) is 44.9 Å². The fourth-order valence-corrected chi connectivity index (χ4v) is 4.86. The van der Waals surface area contributed by atoms with Crippen LogP contribution in [0.5, 0.6) is 0 Å². The summed E-state index contributed by atoms with van der Waals surface area (Å²) in [6, 6.07) is 4.28. The first-order valence-corrected chi connectivity index (χ1v) is 8.68. The minimum atomic E-state index is -3.62. The third kappa shape index (κ3) is 3.14. The molecule has 0 amide bonds. The van der Waals surface area contributed by atoms with Gasteiger partial charge in [-0.15, -0.1) is 11.3 Å². The molecule has 112 valence electrons. The van der Waals surface area contributed by atoms with Crippen LogP contribution < -0.4 is 0 Å². The third-order valence-electron chi connectivity index (χ3n) is 3.24. The first-order chi connectivity index (χ1) is 9.72. The summed E-state index contributed by atoms with van der Waals surface area (Å²) < 4.78 is 25.0. The summed E-state index contributed by atoms with van der Waals surface area (Å²) in [5, 5.41) is 9.60. The van der Waals surface area contributed by atoms with E-state index in [0.717, 1.165) is 10.6 Å². The van der Waals surface area contributed by atoms with Crippen molar-refractivity contribution >= 4 is 27.1 Å². The molecule has 0 unspecified atom stereocenters. The summed E-state index contributed by atoms with van der Waals surface area (Å²) in [7, 11) is -3.62. The average Bonchev–Trinajstić information content (AvgIpc) is 2.66. The lowest BCUT2D eigenvalue weighted by Crippen LogP contribution is -2.10. The standard InChI is InChI=1S/C14H15NO4S2/c1-8-11(14(16)17)5-4-6-12(8)21(18,19)7-13-15-9(2)10(3)20-13/h4-6H,7H2,1-3H3,(H,16,17). The molecule has 0 radical (unpaired) electrons. The number of carboxylic acids is 1. The third-order valence-corrected chi connectivity index (χ3v) is 6.26. The second-order valence-corrected chi connectivity index (χ2v) is 7.99. The largest absolute Gasteiger partial charge is 0.478 e. The van der Waals surface area contributed by atoms with Gasteiger partial charge >= 0.3 is 5.97 Å². The van der Waals surface area contributed by atoms with Crippen LogP contribution >= 0.6 is 11.3 Å². The van der Waals surface area contributed by atoms with Crippen LogP contribution in [0.15, 0.2) is 23.1 Å². The number of hydrogen-bond acceptors (Lipinski definition) is 5. The Hall–Kier alpha value is -1.73. The van der Waals surface area contributed by atoms with Gasteiger partial charge in [0, 0.05) is 4.88 Å². The van der Waals surface area contributed by atoms with Crippen molar-refractivity contribution in [3.8, 4) is 0 Å². The minimum absolute atomic E-state index is 0.00238. The first-order valence-electron chi connectivity index (χ1n) is 6.21. The van der Waals surface area contributed by atoms with Gasteiger partial charge in [0.2, 0.25) is 0 Å². The van der Waals surface area contributed by atoms with Crippen LogP contribution in [0.4, 0.5) is 0 Å². The van der Waals surface area contributed by atoms with E-state index in [1.165, 1.54) is 36.5 Å². The van der Waals surface area contributed by atoms with Gasteiger partial charge < -0.3 is 5.11 Å². The highest BCUT2D eigenvalue weighted by atomic mass is 32.2. The molecule has 0 saturated heterocycles. The van der Waals surface area contributed by atoms with E-state index >= 15 is 0 Å². The quantitative estimate of drug-likeness (QED) is 0.934. The van der Waals surface area contributed by atoms with Crippen LogP contribution in [0.2, 0.25) is 0 Å². The summed E-state index contributed by atoms with van der Waals surface area (Å²) in [6.07, 6.45) is 0. The molecule has 0 atom stereocenters. The lowest BCUT2D eigenvalue weighted by Gasteiger charge is -2.08. The van der Waals surface area contributed by atoms with E-state index in [-0.39, 0.29) is 21.8 Å². The molecule has 1 aromatic heterocycles. The highest BCUT2D eigenvalue weighted by molar-refractivity contribution is 7.90. The number of carboxylic acid groups (broad SMARTS) is 1. The van der Waals surface area contributed by atoms with Crippen molar-refractivity contribution in [1.29, 1.82) is 0 Å². The van der Waals surface area contributed by atoms with Gasteiger partial charge in [-0.2, -0.15) is 0 Å². The molecule has 0 saturated carbocycles. The van der Waals surface area contributed by atoms with Crippen LogP contribution in [0.3, 0.4) is 0 Å². The van der Waals surface area contributed by atoms with Crippen molar-refractivity contribution in [2.45, 2.75) is 31.4 Å². The minimum Gasteiger partial charge on any atom is -0.478 e. The molecule has 0 bridgehead atoms. The highest BCUT2D eigenvalue weighted by Gasteiger charge is 2.22. The molecule has 7 heteroatoms. The lowest BCUT2D eigenvalue weighted by molar-refractivity contribution is 0.0696. The molecular weight excluding hydrogens is 310 g/mol. The molecule has 0 fully saturated rings. The molecule has 1 heterocycles. The Balaban J connectivity index is 2.45. The SMILES string of the molecule is Cc1nc(CS(=O)(=O)c2cccc(C(=O)O)c2C)sc1C. The Kier molecular flexibility index (Phi) is 4.15. The fourth-order valence-electron chi connectivity index (χ4n) is 2.02. The second kappa shape index (κ2) is 5.57. The van der Waals surface area contributed by atoms with Gasteiger partial charge in [0.25, 0.3) is 0 Å². The molecule has 1 N–H and O–H groups in total. The Morgan fingerprint density at radius 1 is 1.29 bits per heavy atom. The molecule has 21 heavy (non-hydrogen) atoms. The van der Waals surface area contributed by atoms with Crippen LogP contribution in [0.1, 0.15) is 31.5 Å². The maximum Gasteiger partial charge on any atom is 0.335 e. The first kappa shape index (κ1) is 15.7. The number of nitrogens with zero attached hydrogens (tertiary/aromatic N) is 1. The maximum absolute atomic E-state index is 12.5. The zero-order valence-electron chi connectivity index (χ0n) is 11.9. The van der Waals surface area contributed by atoms with Crippen molar-refractivity contribution in [3.63, 3.8) is 0 Å². The van der Waals surface area contributed by atoms with E-state index < -0.39 is 15.8 Å². The number of aryl methyl sites for hydroxylation is 2. The Morgan fingerprint density at radius 2 is 1.95 bits per heavy atom. The number of thiazole rings is 1. The highest BCUT2D eigenvalue weighted by Crippen LogP contribution is 2.25. The zero-order valence-corrected chi connectivity index (χ0v) is 13.5. The average molecular weight is 325 g/mol. The van der Waals surface area contributed by atoms with Crippen LogP contribution in [-0.2, 0) is 15.6 Å². The molecule has 0 aliphatic carbocycles. The van der Waals surface area contributed by atoms with Gasteiger partial charge in [-0.05, 0) is 38.5 Å². The van der Waals surface area contributed by atoms with Gasteiger partial charge in [0.15, 0.2) is 9.84 Å². The summed E-state index contributed by atoms with van der Waals surface area (Å²) in [6.45, 7) is 5.23. The summed E-state index contributed by atoms with van der Waals surface area (Å²) in [5.41, 5.74) is 1.08. The molecular formula is C14H15NO4S2. The predicted molar refractivity (Wildman–Crippen MR) is 80.6 cm³/mol.